The molecule has 3 fully saturated rings. The lowest BCUT2D eigenvalue weighted by atomic mass is 9.40. The van der Waals surface area contributed by atoms with Crippen LogP contribution in [0.1, 0.15) is 72.0 Å². The van der Waals surface area contributed by atoms with Crippen molar-refractivity contribution >= 4 is 23.7 Å². The van der Waals surface area contributed by atoms with Crippen LogP contribution in [0.25, 0.3) is 0 Å². The van der Waals surface area contributed by atoms with Crippen molar-refractivity contribution in [2.24, 2.45) is 39.9 Å². The molecule has 1 aromatic heterocycles. The van der Waals surface area contributed by atoms with Crippen LogP contribution in [-0.2, 0) is 33.4 Å². The highest BCUT2D eigenvalue weighted by atomic mass is 16.6. The van der Waals surface area contributed by atoms with Crippen molar-refractivity contribution in [3.05, 3.63) is 35.8 Å². The van der Waals surface area contributed by atoms with E-state index >= 15 is 0 Å². The van der Waals surface area contributed by atoms with E-state index in [2.05, 4.69) is 6.92 Å². The standard InChI is InChI=1S/C30H38O9/c1-7-20(31)38-26-17-12-16-18(30(5,24(17)34)23(28(26,2)3)22(33)27(35)36-6)8-10-29(4)19(16)13-21(32)39-25(29)15-9-11-37-14-15/h9,11-12,14,17-19,22-23,25-26,33H,7-8,10,13H2,1-6H3/t17-,18?,19+,22-,23+,25+,26-,29-,30-/m1/s1. The maximum absolute atomic E-state index is 14.3. The molecule has 2 heterocycles. The third kappa shape index (κ3) is 3.83. The first kappa shape index (κ1) is 27.6. The SMILES string of the molecule is CCC(=O)O[C@@H]1[C@@H]2C=C3C(CC[C@]4(C)[C@H]3CC(=O)O[C@H]4c3ccoc3)[C@@](C)(C2=O)[C@@H]([C@@H](O)C(=O)OC)C1(C)C. The van der Waals surface area contributed by atoms with Gasteiger partial charge in [-0.2, -0.15) is 0 Å². The largest absolute Gasteiger partial charge is 0.472 e. The van der Waals surface area contributed by atoms with E-state index in [1.807, 2.05) is 26.8 Å². The number of Topliss-reactive ketones (excluding diaryl/α,β-unsaturated/α-hetero) is 1. The lowest BCUT2D eigenvalue weighted by Gasteiger charge is -2.64. The van der Waals surface area contributed by atoms with Crippen LogP contribution in [0.3, 0.4) is 0 Å². The minimum atomic E-state index is -1.61. The predicted octanol–water partition coefficient (Wildman–Crippen LogP) is 3.94. The number of methoxy groups -OCH3 is 1. The van der Waals surface area contributed by atoms with Gasteiger partial charge >= 0.3 is 17.9 Å². The van der Waals surface area contributed by atoms with Crippen LogP contribution in [0.4, 0.5) is 0 Å². The van der Waals surface area contributed by atoms with Crippen molar-refractivity contribution < 1.29 is 42.9 Å². The number of allylic oxidation sites excluding steroid dienone is 1. The third-order valence-corrected chi connectivity index (χ3v) is 10.4. The molecule has 1 aliphatic heterocycles. The maximum atomic E-state index is 14.3. The van der Waals surface area contributed by atoms with Crippen molar-refractivity contribution in [3.8, 4) is 0 Å². The lowest BCUT2D eigenvalue weighted by molar-refractivity contribution is -0.210. The normalized spacial score (nSPS) is 39.4. The van der Waals surface area contributed by atoms with E-state index in [9.17, 15) is 24.3 Å². The highest BCUT2D eigenvalue weighted by molar-refractivity contribution is 5.94. The van der Waals surface area contributed by atoms with Gasteiger partial charge in [-0.1, -0.05) is 46.3 Å². The molecule has 4 aliphatic rings. The number of aliphatic hydroxyl groups excluding tert-OH is 1. The second-order valence-corrected chi connectivity index (χ2v) is 12.7. The number of ether oxygens (including phenoxy) is 3. The summed E-state index contributed by atoms with van der Waals surface area (Å²) in [5, 5.41) is 11.4. The Morgan fingerprint density at radius 3 is 2.51 bits per heavy atom. The summed E-state index contributed by atoms with van der Waals surface area (Å²) < 4.78 is 22.0. The van der Waals surface area contributed by atoms with E-state index in [0.717, 1.165) is 11.1 Å². The third-order valence-electron chi connectivity index (χ3n) is 10.4. The summed E-state index contributed by atoms with van der Waals surface area (Å²) >= 11 is 0. The van der Waals surface area contributed by atoms with Crippen molar-refractivity contribution in [2.45, 2.75) is 78.6 Å². The van der Waals surface area contributed by atoms with Crippen LogP contribution in [0, 0.1) is 39.9 Å². The number of furan rings is 1. The summed E-state index contributed by atoms with van der Waals surface area (Å²) in [5.74, 6) is -4.03. The Balaban J connectivity index is 1.68. The second-order valence-electron chi connectivity index (χ2n) is 12.7. The number of rotatable bonds is 5. The van der Waals surface area contributed by atoms with Gasteiger partial charge in [-0.05, 0) is 30.7 Å². The minimum Gasteiger partial charge on any atom is -0.472 e. The molecule has 0 spiro atoms. The molecule has 1 aromatic rings. The van der Waals surface area contributed by atoms with Crippen LogP contribution >= 0.6 is 0 Å². The molecular weight excluding hydrogens is 504 g/mol. The average Bonchev–Trinajstić information content (AvgIpc) is 3.42. The topological polar surface area (TPSA) is 129 Å². The smallest absolute Gasteiger partial charge is 0.335 e. The van der Waals surface area contributed by atoms with Crippen molar-refractivity contribution in [3.63, 3.8) is 0 Å². The minimum absolute atomic E-state index is 0.118. The highest BCUT2D eigenvalue weighted by Crippen LogP contribution is 2.68. The van der Waals surface area contributed by atoms with Crippen molar-refractivity contribution in [1.29, 1.82) is 0 Å². The molecule has 0 amide bonds. The molecule has 9 heteroatoms. The first-order valence-electron chi connectivity index (χ1n) is 13.7. The monoisotopic (exact) mass is 542 g/mol. The Morgan fingerprint density at radius 2 is 1.90 bits per heavy atom. The van der Waals surface area contributed by atoms with Crippen LogP contribution in [0.2, 0.25) is 0 Å². The van der Waals surface area contributed by atoms with Gasteiger partial charge in [0.1, 0.15) is 18.0 Å². The van der Waals surface area contributed by atoms with Crippen LogP contribution in [0.15, 0.2) is 34.7 Å². The van der Waals surface area contributed by atoms with E-state index < -0.39 is 58.3 Å². The molecule has 0 aromatic carbocycles. The fourth-order valence-electron chi connectivity index (χ4n) is 8.58. The van der Waals surface area contributed by atoms with Gasteiger partial charge in [0.05, 0.1) is 32.0 Å². The van der Waals surface area contributed by atoms with Gasteiger partial charge in [0.2, 0.25) is 0 Å². The summed E-state index contributed by atoms with van der Waals surface area (Å²) in [6.45, 7) is 9.29. The number of carbonyl (C=O) groups is 4. The maximum Gasteiger partial charge on any atom is 0.335 e. The van der Waals surface area contributed by atoms with Gasteiger partial charge in [-0.15, -0.1) is 0 Å². The number of ketones is 1. The molecule has 3 aliphatic carbocycles. The molecule has 9 nitrogen and oxygen atoms in total. The summed E-state index contributed by atoms with van der Waals surface area (Å²) in [5.41, 5.74) is -0.847. The van der Waals surface area contributed by atoms with Crippen LogP contribution in [-0.4, -0.2) is 48.1 Å². The number of esters is 3. The van der Waals surface area contributed by atoms with E-state index in [1.54, 1.807) is 25.5 Å². The molecule has 1 unspecified atom stereocenters. The lowest BCUT2D eigenvalue weighted by Crippen LogP contribution is -2.69. The number of carbonyl (C=O) groups excluding carboxylic acids is 4. The molecule has 9 atom stereocenters. The Kier molecular flexibility index (Phi) is 6.60. The quantitative estimate of drug-likeness (QED) is 0.334. The Hall–Kier alpha value is -2.94. The summed E-state index contributed by atoms with van der Waals surface area (Å²) in [7, 11) is 1.20. The van der Waals surface area contributed by atoms with E-state index in [-0.39, 0.29) is 36.4 Å². The van der Waals surface area contributed by atoms with E-state index in [1.165, 1.54) is 7.11 Å². The summed E-state index contributed by atoms with van der Waals surface area (Å²) in [4.78, 5) is 52.7. The average molecular weight is 543 g/mol. The first-order valence-corrected chi connectivity index (χ1v) is 13.7. The van der Waals surface area contributed by atoms with Crippen LogP contribution in [0.5, 0.6) is 0 Å². The number of cyclic esters (lactones) is 1. The number of aliphatic hydroxyl groups is 1. The highest BCUT2D eigenvalue weighted by Gasteiger charge is 2.70. The molecule has 2 saturated carbocycles. The zero-order chi connectivity index (χ0) is 28.5. The Labute approximate surface area is 228 Å². The zero-order valence-electron chi connectivity index (χ0n) is 23.4. The Bertz CT molecular complexity index is 1210. The molecule has 1 saturated heterocycles. The summed E-state index contributed by atoms with van der Waals surface area (Å²) in [6.07, 6.45) is 3.57. The molecule has 2 bridgehead atoms. The van der Waals surface area contributed by atoms with Gasteiger partial charge in [-0.3, -0.25) is 14.4 Å². The fourth-order valence-corrected chi connectivity index (χ4v) is 8.58. The van der Waals surface area contributed by atoms with Gasteiger partial charge < -0.3 is 23.7 Å². The Morgan fingerprint density at radius 1 is 1.18 bits per heavy atom. The molecule has 0 radical (unpaired) electrons. The second kappa shape index (κ2) is 9.32. The zero-order valence-corrected chi connectivity index (χ0v) is 23.4. The molecule has 212 valence electrons. The summed E-state index contributed by atoms with van der Waals surface area (Å²) in [6, 6.07) is 1.80. The van der Waals surface area contributed by atoms with Gasteiger partial charge in [0.25, 0.3) is 0 Å². The number of hydrogen-bond acceptors (Lipinski definition) is 9. The molecule has 5 rings (SSSR count). The van der Waals surface area contributed by atoms with E-state index in [4.69, 9.17) is 18.6 Å². The fraction of sp³-hybridized carbons (Fsp3) is 0.667. The van der Waals surface area contributed by atoms with Crippen LogP contribution < -0.4 is 0 Å². The number of hydrogen-bond donors (Lipinski definition) is 1. The van der Waals surface area contributed by atoms with Gasteiger partial charge in [0.15, 0.2) is 6.10 Å². The number of fused-ring (bicyclic) bond motifs is 6. The van der Waals surface area contributed by atoms with E-state index in [0.29, 0.717) is 12.8 Å². The predicted molar refractivity (Wildman–Crippen MR) is 137 cm³/mol. The van der Waals surface area contributed by atoms with Crippen molar-refractivity contribution in [2.75, 3.05) is 7.11 Å². The molecular formula is C30H38O9. The van der Waals surface area contributed by atoms with Gasteiger partial charge in [0, 0.05) is 34.1 Å². The molecule has 39 heavy (non-hydrogen) atoms. The van der Waals surface area contributed by atoms with Crippen molar-refractivity contribution in [1.82, 2.24) is 0 Å². The molecule has 1 N–H and O–H groups in total. The first-order chi connectivity index (χ1) is 18.3. The van der Waals surface area contributed by atoms with Gasteiger partial charge in [-0.25, -0.2) is 4.79 Å².